The van der Waals surface area contributed by atoms with Crippen molar-refractivity contribution >= 4 is 48.0 Å². The summed E-state index contributed by atoms with van der Waals surface area (Å²) >= 11 is 11.8. The van der Waals surface area contributed by atoms with Gasteiger partial charge in [-0.15, -0.1) is 37.9 Å². The topological polar surface area (TPSA) is 54.4 Å². The van der Waals surface area contributed by atoms with E-state index in [0.717, 1.165) is 0 Å². The van der Waals surface area contributed by atoms with Crippen molar-refractivity contribution < 1.29 is 13.0 Å². The molecule has 1 aromatic carbocycles. The lowest BCUT2D eigenvalue weighted by Gasteiger charge is -2.05. The molecule has 13 heavy (non-hydrogen) atoms. The highest BCUT2D eigenvalue weighted by atomic mass is 32.2. The number of hydrogen-bond acceptors (Lipinski definition) is 5. The highest BCUT2D eigenvalue weighted by Crippen LogP contribution is 2.29. The summed E-state index contributed by atoms with van der Waals surface area (Å²) in [6.45, 7) is 0. The van der Waals surface area contributed by atoms with E-state index >= 15 is 0 Å². The third kappa shape index (κ3) is 2.57. The number of benzene rings is 1. The first-order valence-electron chi connectivity index (χ1n) is 3.05. The molecule has 0 aliphatic rings. The van der Waals surface area contributed by atoms with Crippen LogP contribution in [0.5, 0.6) is 0 Å². The molecule has 1 aromatic rings. The average Bonchev–Trinajstić information content (AvgIpc) is 1.78. The second kappa shape index (κ2) is 3.74. The third-order valence-corrected chi connectivity index (χ3v) is 3.51. The van der Waals surface area contributed by atoms with E-state index in [2.05, 4.69) is 37.9 Å². The van der Waals surface area contributed by atoms with E-state index in [9.17, 15) is 8.42 Å². The molecule has 1 N–H and O–H groups in total. The van der Waals surface area contributed by atoms with E-state index in [0.29, 0.717) is 4.90 Å². The minimum atomic E-state index is -4.27. The quantitative estimate of drug-likeness (QED) is 0.456. The van der Waals surface area contributed by atoms with Crippen LogP contribution in [-0.4, -0.2) is 13.0 Å². The van der Waals surface area contributed by atoms with Crippen molar-refractivity contribution in [2.75, 3.05) is 0 Å². The second-order valence-electron chi connectivity index (χ2n) is 2.29. The van der Waals surface area contributed by atoms with Crippen LogP contribution in [0.15, 0.2) is 31.7 Å². The molecule has 0 amide bonds. The first-order valence-corrected chi connectivity index (χ1v) is 5.83. The summed E-state index contributed by atoms with van der Waals surface area (Å²) in [5, 5.41) is 0. The lowest BCUT2D eigenvalue weighted by molar-refractivity contribution is 0.478. The van der Waals surface area contributed by atoms with E-state index in [4.69, 9.17) is 4.55 Å². The molecule has 0 fully saturated rings. The normalized spacial score (nSPS) is 11.7. The zero-order valence-electron chi connectivity index (χ0n) is 6.17. The maximum absolute atomic E-state index is 10.8. The number of thiol groups is 3. The van der Waals surface area contributed by atoms with Gasteiger partial charge in [0, 0.05) is 14.7 Å². The fraction of sp³-hybridized carbons (Fsp3) is 0. The molecule has 72 valence electrons. The number of hydrogen-bond donors (Lipinski definition) is 4. The lowest BCUT2D eigenvalue weighted by atomic mass is 10.3. The summed E-state index contributed by atoms with van der Waals surface area (Å²) in [5.74, 6) is 0. The fourth-order valence-corrected chi connectivity index (χ4v) is 3.26. The van der Waals surface area contributed by atoms with Gasteiger partial charge in [0.15, 0.2) is 0 Å². The Morgan fingerprint density at radius 1 is 1.08 bits per heavy atom. The zero-order chi connectivity index (χ0) is 10.2. The van der Waals surface area contributed by atoms with Gasteiger partial charge >= 0.3 is 0 Å². The van der Waals surface area contributed by atoms with Crippen LogP contribution in [0, 0.1) is 0 Å². The number of rotatable bonds is 1. The van der Waals surface area contributed by atoms with E-state index in [1.165, 1.54) is 12.1 Å². The smallest absolute Gasteiger partial charge is 0.282 e. The summed E-state index contributed by atoms with van der Waals surface area (Å²) < 4.78 is 30.4. The predicted octanol–water partition coefficient (Wildman–Crippen LogP) is 1.80. The van der Waals surface area contributed by atoms with Gasteiger partial charge in [0.25, 0.3) is 10.1 Å². The molecule has 0 bridgehead atoms. The Bertz CT molecular complexity index is 414. The molecule has 0 aromatic heterocycles. The summed E-state index contributed by atoms with van der Waals surface area (Å²) in [4.78, 5) is 0.486. The molecule has 0 saturated heterocycles. The van der Waals surface area contributed by atoms with Crippen LogP contribution in [0.1, 0.15) is 0 Å². The minimum absolute atomic E-state index is 0.125. The Balaban J connectivity index is 3.57. The third-order valence-electron chi connectivity index (χ3n) is 1.29. The standard InChI is InChI=1S/C6H6O3S4/c7-13(8,9)6-4(11)1-3(10)2-5(6)12/h1-2,10-12H,(H,7,8,9). The van der Waals surface area contributed by atoms with Crippen molar-refractivity contribution in [1.29, 1.82) is 0 Å². The SMILES string of the molecule is O=S(=O)(O)c1c(S)cc(S)cc1S. The largest absolute Gasteiger partial charge is 0.296 e. The molecule has 0 unspecified atom stereocenters. The molecule has 0 aliphatic heterocycles. The van der Waals surface area contributed by atoms with Crippen LogP contribution < -0.4 is 0 Å². The highest BCUT2D eigenvalue weighted by Gasteiger charge is 2.17. The maximum atomic E-state index is 10.8. The molecular weight excluding hydrogens is 248 g/mol. The van der Waals surface area contributed by atoms with Gasteiger partial charge in [-0.2, -0.15) is 8.42 Å². The van der Waals surface area contributed by atoms with Gasteiger partial charge in [0.05, 0.1) is 0 Å². The van der Waals surface area contributed by atoms with Gasteiger partial charge in [0.2, 0.25) is 0 Å². The van der Waals surface area contributed by atoms with Crippen LogP contribution in [0.25, 0.3) is 0 Å². The molecule has 0 aliphatic carbocycles. The zero-order valence-corrected chi connectivity index (χ0v) is 9.67. The predicted molar refractivity (Wildman–Crippen MR) is 58.0 cm³/mol. The molecule has 1 rings (SSSR count). The Hall–Kier alpha value is 0.180. The molecular formula is C6H6O3S4. The molecule has 0 saturated carbocycles. The first-order chi connectivity index (χ1) is 5.82. The van der Waals surface area contributed by atoms with Gasteiger partial charge in [0.1, 0.15) is 4.90 Å². The molecule has 7 heteroatoms. The molecule has 0 radical (unpaired) electrons. The summed E-state index contributed by atoms with van der Waals surface area (Å²) in [6.07, 6.45) is 0. The molecule has 0 atom stereocenters. The van der Waals surface area contributed by atoms with Crippen molar-refractivity contribution in [3.05, 3.63) is 12.1 Å². The lowest BCUT2D eigenvalue weighted by Crippen LogP contribution is -2.01. The van der Waals surface area contributed by atoms with Crippen molar-refractivity contribution in [1.82, 2.24) is 0 Å². The first kappa shape index (κ1) is 11.3. The molecule has 0 spiro atoms. The van der Waals surface area contributed by atoms with E-state index in [-0.39, 0.29) is 14.7 Å². The maximum Gasteiger partial charge on any atom is 0.296 e. The summed E-state index contributed by atoms with van der Waals surface area (Å²) in [6, 6.07) is 2.82. The summed E-state index contributed by atoms with van der Waals surface area (Å²) in [7, 11) is -4.27. The molecule has 0 heterocycles. The summed E-state index contributed by atoms with van der Waals surface area (Å²) in [5.41, 5.74) is 0. The Morgan fingerprint density at radius 2 is 1.46 bits per heavy atom. The Labute approximate surface area is 92.5 Å². The molecule has 3 nitrogen and oxygen atoms in total. The van der Waals surface area contributed by atoms with Crippen LogP contribution in [0.3, 0.4) is 0 Å². The Kier molecular flexibility index (Phi) is 3.24. The fourth-order valence-electron chi connectivity index (χ4n) is 0.848. The van der Waals surface area contributed by atoms with Crippen LogP contribution in [-0.2, 0) is 10.1 Å². The van der Waals surface area contributed by atoms with E-state index in [1.54, 1.807) is 0 Å². The highest BCUT2D eigenvalue weighted by molar-refractivity contribution is 7.88. The van der Waals surface area contributed by atoms with Gasteiger partial charge in [-0.05, 0) is 12.1 Å². The van der Waals surface area contributed by atoms with Gasteiger partial charge < -0.3 is 0 Å². The van der Waals surface area contributed by atoms with Crippen molar-refractivity contribution in [2.24, 2.45) is 0 Å². The Morgan fingerprint density at radius 3 is 1.77 bits per heavy atom. The van der Waals surface area contributed by atoms with E-state index < -0.39 is 10.1 Å². The van der Waals surface area contributed by atoms with Crippen molar-refractivity contribution in [2.45, 2.75) is 19.6 Å². The van der Waals surface area contributed by atoms with Gasteiger partial charge in [-0.1, -0.05) is 0 Å². The van der Waals surface area contributed by atoms with Gasteiger partial charge in [-0.25, -0.2) is 0 Å². The van der Waals surface area contributed by atoms with Crippen LogP contribution >= 0.6 is 37.9 Å². The van der Waals surface area contributed by atoms with Crippen LogP contribution in [0.2, 0.25) is 0 Å². The van der Waals surface area contributed by atoms with Crippen LogP contribution in [0.4, 0.5) is 0 Å². The van der Waals surface area contributed by atoms with Crippen molar-refractivity contribution in [3.8, 4) is 0 Å². The van der Waals surface area contributed by atoms with Gasteiger partial charge in [-0.3, -0.25) is 4.55 Å². The second-order valence-corrected chi connectivity index (χ2v) is 5.13. The monoisotopic (exact) mass is 254 g/mol. The average molecular weight is 254 g/mol. The van der Waals surface area contributed by atoms with E-state index in [1.807, 2.05) is 0 Å². The van der Waals surface area contributed by atoms with Crippen molar-refractivity contribution in [3.63, 3.8) is 0 Å². The minimum Gasteiger partial charge on any atom is -0.282 e.